The topological polar surface area (TPSA) is 46.2 Å². The third-order valence-electron chi connectivity index (χ3n) is 3.72. The standard InChI is InChI=1S/C10H19NO/c11-10(7-12)5-9(6-10)8-3-1-2-4-8/h8-9,12H,1-7,11H2. The van der Waals surface area contributed by atoms with Crippen LogP contribution in [0.1, 0.15) is 38.5 Å². The molecule has 2 fully saturated rings. The molecule has 0 aromatic carbocycles. The van der Waals surface area contributed by atoms with Crippen molar-refractivity contribution in [2.75, 3.05) is 6.61 Å². The van der Waals surface area contributed by atoms with Crippen LogP contribution in [0.2, 0.25) is 0 Å². The molecule has 2 nitrogen and oxygen atoms in total. The summed E-state index contributed by atoms with van der Waals surface area (Å²) in [6.07, 6.45) is 7.77. The van der Waals surface area contributed by atoms with Crippen LogP contribution < -0.4 is 5.73 Å². The molecule has 70 valence electrons. The van der Waals surface area contributed by atoms with Crippen molar-refractivity contribution in [3.05, 3.63) is 0 Å². The van der Waals surface area contributed by atoms with Gasteiger partial charge < -0.3 is 10.8 Å². The molecule has 0 heterocycles. The fraction of sp³-hybridized carbons (Fsp3) is 1.00. The Hall–Kier alpha value is -0.0800. The molecule has 0 aromatic heterocycles. The van der Waals surface area contributed by atoms with Crippen LogP contribution in [0.5, 0.6) is 0 Å². The van der Waals surface area contributed by atoms with E-state index in [-0.39, 0.29) is 12.1 Å². The van der Waals surface area contributed by atoms with Crippen LogP contribution in [0.15, 0.2) is 0 Å². The van der Waals surface area contributed by atoms with Crippen LogP contribution in [0, 0.1) is 11.8 Å². The zero-order valence-electron chi connectivity index (χ0n) is 7.63. The lowest BCUT2D eigenvalue weighted by atomic mass is 9.64. The van der Waals surface area contributed by atoms with Gasteiger partial charge in [0.05, 0.1) is 6.61 Å². The fourth-order valence-corrected chi connectivity index (χ4v) is 2.88. The van der Waals surface area contributed by atoms with E-state index in [0.717, 1.165) is 24.7 Å². The number of aliphatic hydroxyl groups is 1. The lowest BCUT2D eigenvalue weighted by Crippen LogP contribution is -2.56. The van der Waals surface area contributed by atoms with Gasteiger partial charge in [-0.1, -0.05) is 25.7 Å². The molecule has 0 aliphatic heterocycles. The van der Waals surface area contributed by atoms with E-state index in [1.165, 1.54) is 25.7 Å². The zero-order chi connectivity index (χ0) is 8.60. The van der Waals surface area contributed by atoms with Crippen molar-refractivity contribution in [2.24, 2.45) is 17.6 Å². The summed E-state index contributed by atoms with van der Waals surface area (Å²) in [6, 6.07) is 0. The molecule has 3 N–H and O–H groups in total. The maximum absolute atomic E-state index is 8.98. The normalized spacial score (nSPS) is 43.0. The molecule has 0 aromatic rings. The molecule has 2 aliphatic carbocycles. The van der Waals surface area contributed by atoms with Crippen molar-refractivity contribution >= 4 is 0 Å². The molecule has 2 heteroatoms. The molecule has 0 unspecified atom stereocenters. The van der Waals surface area contributed by atoms with Crippen molar-refractivity contribution < 1.29 is 5.11 Å². The molecule has 0 radical (unpaired) electrons. The van der Waals surface area contributed by atoms with Crippen LogP contribution in [0.3, 0.4) is 0 Å². The average Bonchev–Trinajstić information content (AvgIpc) is 2.50. The van der Waals surface area contributed by atoms with Crippen molar-refractivity contribution in [2.45, 2.75) is 44.1 Å². The Morgan fingerprint density at radius 1 is 1.17 bits per heavy atom. The molecule has 0 amide bonds. The van der Waals surface area contributed by atoms with Crippen LogP contribution in [0.4, 0.5) is 0 Å². The van der Waals surface area contributed by atoms with Gasteiger partial charge in [0, 0.05) is 5.54 Å². The first kappa shape index (κ1) is 8.52. The van der Waals surface area contributed by atoms with Crippen molar-refractivity contribution in [1.82, 2.24) is 0 Å². The molecule has 2 aliphatic rings. The van der Waals surface area contributed by atoms with Crippen LogP contribution in [0.25, 0.3) is 0 Å². The second-order valence-electron chi connectivity index (χ2n) is 4.73. The summed E-state index contributed by atoms with van der Waals surface area (Å²) in [5, 5.41) is 8.98. The molecular weight excluding hydrogens is 150 g/mol. The van der Waals surface area contributed by atoms with Gasteiger partial charge in [-0.05, 0) is 24.7 Å². The Bertz CT molecular complexity index is 157. The highest BCUT2D eigenvalue weighted by atomic mass is 16.3. The first-order chi connectivity index (χ1) is 5.73. The first-order valence-corrected chi connectivity index (χ1v) is 5.13. The summed E-state index contributed by atoms with van der Waals surface area (Å²) in [5.74, 6) is 1.78. The quantitative estimate of drug-likeness (QED) is 0.654. The summed E-state index contributed by atoms with van der Waals surface area (Å²) in [6.45, 7) is 0.177. The minimum Gasteiger partial charge on any atom is -0.394 e. The molecule has 2 rings (SSSR count). The lowest BCUT2D eigenvalue weighted by Gasteiger charge is -2.46. The lowest BCUT2D eigenvalue weighted by molar-refractivity contribution is 0.0417. The van der Waals surface area contributed by atoms with E-state index in [0.29, 0.717) is 0 Å². The van der Waals surface area contributed by atoms with E-state index in [9.17, 15) is 0 Å². The highest BCUT2D eigenvalue weighted by Crippen LogP contribution is 2.46. The Balaban J connectivity index is 1.80. The third-order valence-corrected chi connectivity index (χ3v) is 3.72. The zero-order valence-corrected chi connectivity index (χ0v) is 7.63. The summed E-state index contributed by atoms with van der Waals surface area (Å²) >= 11 is 0. The molecule has 0 atom stereocenters. The van der Waals surface area contributed by atoms with Gasteiger partial charge in [0.15, 0.2) is 0 Å². The van der Waals surface area contributed by atoms with Gasteiger partial charge in [-0.25, -0.2) is 0 Å². The van der Waals surface area contributed by atoms with Crippen molar-refractivity contribution in [1.29, 1.82) is 0 Å². The summed E-state index contributed by atoms with van der Waals surface area (Å²) in [7, 11) is 0. The van der Waals surface area contributed by atoms with Crippen LogP contribution in [-0.4, -0.2) is 17.3 Å². The Labute approximate surface area is 74.1 Å². The Morgan fingerprint density at radius 3 is 2.25 bits per heavy atom. The largest absolute Gasteiger partial charge is 0.394 e. The minimum atomic E-state index is -0.201. The SMILES string of the molecule is NC1(CO)CC(C2CCCC2)C1. The van der Waals surface area contributed by atoms with Gasteiger partial charge in [0.1, 0.15) is 0 Å². The van der Waals surface area contributed by atoms with Crippen LogP contribution in [-0.2, 0) is 0 Å². The smallest absolute Gasteiger partial charge is 0.0611 e. The van der Waals surface area contributed by atoms with Gasteiger partial charge in [0.25, 0.3) is 0 Å². The highest BCUT2D eigenvalue weighted by Gasteiger charge is 2.44. The second kappa shape index (κ2) is 3.00. The van der Waals surface area contributed by atoms with E-state index >= 15 is 0 Å². The molecular formula is C10H19NO. The fourth-order valence-electron chi connectivity index (χ4n) is 2.88. The molecule has 0 spiro atoms. The Kier molecular flexibility index (Phi) is 2.13. The van der Waals surface area contributed by atoms with Crippen molar-refractivity contribution in [3.63, 3.8) is 0 Å². The predicted molar refractivity (Wildman–Crippen MR) is 48.7 cm³/mol. The van der Waals surface area contributed by atoms with E-state index in [1.807, 2.05) is 0 Å². The minimum absolute atomic E-state index is 0.177. The van der Waals surface area contributed by atoms with E-state index in [4.69, 9.17) is 10.8 Å². The highest BCUT2D eigenvalue weighted by molar-refractivity contribution is 5.00. The average molecular weight is 169 g/mol. The van der Waals surface area contributed by atoms with Crippen molar-refractivity contribution in [3.8, 4) is 0 Å². The molecule has 0 bridgehead atoms. The van der Waals surface area contributed by atoms with E-state index < -0.39 is 0 Å². The third kappa shape index (κ3) is 1.38. The van der Waals surface area contributed by atoms with Gasteiger partial charge in [0.2, 0.25) is 0 Å². The monoisotopic (exact) mass is 169 g/mol. The summed E-state index contributed by atoms with van der Waals surface area (Å²) in [4.78, 5) is 0. The number of hydrogen-bond donors (Lipinski definition) is 2. The number of hydrogen-bond acceptors (Lipinski definition) is 2. The maximum Gasteiger partial charge on any atom is 0.0611 e. The number of rotatable bonds is 2. The van der Waals surface area contributed by atoms with Gasteiger partial charge in [-0.15, -0.1) is 0 Å². The van der Waals surface area contributed by atoms with Gasteiger partial charge >= 0.3 is 0 Å². The van der Waals surface area contributed by atoms with E-state index in [1.54, 1.807) is 0 Å². The predicted octanol–water partition coefficient (Wildman–Crippen LogP) is 1.28. The van der Waals surface area contributed by atoms with E-state index in [2.05, 4.69) is 0 Å². The molecule has 0 saturated heterocycles. The number of nitrogens with two attached hydrogens (primary N) is 1. The maximum atomic E-state index is 8.98. The van der Waals surface area contributed by atoms with Gasteiger partial charge in [-0.3, -0.25) is 0 Å². The first-order valence-electron chi connectivity index (χ1n) is 5.13. The molecule has 2 saturated carbocycles. The number of aliphatic hydroxyl groups excluding tert-OH is 1. The summed E-state index contributed by atoms with van der Waals surface area (Å²) < 4.78 is 0. The van der Waals surface area contributed by atoms with Gasteiger partial charge in [-0.2, -0.15) is 0 Å². The Morgan fingerprint density at radius 2 is 1.75 bits per heavy atom. The van der Waals surface area contributed by atoms with Crippen LogP contribution >= 0.6 is 0 Å². The molecule has 12 heavy (non-hydrogen) atoms. The second-order valence-corrected chi connectivity index (χ2v) is 4.73. The summed E-state index contributed by atoms with van der Waals surface area (Å²) in [5.41, 5.74) is 5.71.